The van der Waals surface area contributed by atoms with E-state index in [1.54, 1.807) is 6.20 Å². The van der Waals surface area contributed by atoms with Crippen molar-refractivity contribution in [2.24, 2.45) is 5.41 Å². The van der Waals surface area contributed by atoms with Crippen molar-refractivity contribution in [2.75, 3.05) is 12.3 Å². The molecule has 0 aliphatic heterocycles. The average molecular weight is 205 g/mol. The van der Waals surface area contributed by atoms with Crippen LogP contribution in [0.15, 0.2) is 18.3 Å². The Morgan fingerprint density at radius 2 is 2.33 bits per heavy atom. The van der Waals surface area contributed by atoms with Gasteiger partial charge >= 0.3 is 0 Å². The molecule has 1 aliphatic rings. The predicted octanol–water partition coefficient (Wildman–Crippen LogP) is 2.11. The number of hydrogen-bond donors (Lipinski definition) is 2. The number of rotatable bonds is 4. The average Bonchev–Trinajstić information content (AvgIpc) is 2.95. The van der Waals surface area contributed by atoms with Crippen LogP contribution in [0.25, 0.3) is 0 Å². The first-order valence-corrected chi connectivity index (χ1v) is 5.61. The Morgan fingerprint density at radius 1 is 1.60 bits per heavy atom. The maximum absolute atomic E-state index is 5.93. The highest BCUT2D eigenvalue weighted by molar-refractivity contribution is 5.42. The monoisotopic (exact) mass is 205 g/mol. The van der Waals surface area contributed by atoms with E-state index in [2.05, 4.69) is 30.2 Å². The zero-order chi connectivity index (χ0) is 10.9. The Morgan fingerprint density at radius 3 is 2.87 bits per heavy atom. The zero-order valence-electron chi connectivity index (χ0n) is 9.46. The standard InChI is InChI=1S/C12H19N3/c1-3-14-10(12(2)6-7-12)9-5-4-8-15-11(9)13/h4-5,8,10,14H,3,6-7H2,1-2H3,(H2,13,15). The molecule has 1 aliphatic carbocycles. The lowest BCUT2D eigenvalue weighted by Crippen LogP contribution is -2.28. The molecule has 3 N–H and O–H groups in total. The highest BCUT2D eigenvalue weighted by atomic mass is 15.0. The third-order valence-corrected chi connectivity index (χ3v) is 3.33. The molecule has 1 aromatic rings. The highest BCUT2D eigenvalue weighted by Gasteiger charge is 2.45. The summed E-state index contributed by atoms with van der Waals surface area (Å²) in [4.78, 5) is 4.16. The van der Waals surface area contributed by atoms with Crippen molar-refractivity contribution >= 4 is 5.82 Å². The molecule has 0 spiro atoms. The fraction of sp³-hybridized carbons (Fsp3) is 0.583. The van der Waals surface area contributed by atoms with Gasteiger partial charge in [0.2, 0.25) is 0 Å². The van der Waals surface area contributed by atoms with E-state index < -0.39 is 0 Å². The van der Waals surface area contributed by atoms with Gasteiger partial charge in [0.15, 0.2) is 0 Å². The molecule has 15 heavy (non-hydrogen) atoms. The quantitative estimate of drug-likeness (QED) is 0.791. The lowest BCUT2D eigenvalue weighted by Gasteiger charge is -2.25. The second kappa shape index (κ2) is 3.81. The smallest absolute Gasteiger partial charge is 0.128 e. The molecule has 0 radical (unpaired) electrons. The number of aromatic nitrogens is 1. The first-order chi connectivity index (χ1) is 7.17. The van der Waals surface area contributed by atoms with E-state index in [0.717, 1.165) is 12.1 Å². The second-order valence-corrected chi connectivity index (χ2v) is 4.62. The van der Waals surface area contributed by atoms with Gasteiger partial charge in [-0.25, -0.2) is 4.98 Å². The van der Waals surface area contributed by atoms with Crippen LogP contribution < -0.4 is 11.1 Å². The van der Waals surface area contributed by atoms with Gasteiger partial charge in [0.1, 0.15) is 5.82 Å². The van der Waals surface area contributed by atoms with Crippen molar-refractivity contribution in [2.45, 2.75) is 32.7 Å². The molecule has 0 saturated heterocycles. The van der Waals surface area contributed by atoms with Gasteiger partial charge < -0.3 is 11.1 Å². The SMILES string of the molecule is CCNC(c1cccnc1N)C1(C)CC1. The van der Waals surface area contributed by atoms with Crippen LogP contribution in [-0.4, -0.2) is 11.5 Å². The van der Waals surface area contributed by atoms with Crippen LogP contribution in [0.4, 0.5) is 5.82 Å². The highest BCUT2D eigenvalue weighted by Crippen LogP contribution is 2.54. The zero-order valence-corrected chi connectivity index (χ0v) is 9.46. The number of nitrogens with one attached hydrogen (secondary N) is 1. The molecule has 1 aromatic heterocycles. The molecule has 0 amide bonds. The minimum atomic E-state index is 0.358. The third kappa shape index (κ3) is 1.97. The molecule has 1 unspecified atom stereocenters. The molecule has 3 nitrogen and oxygen atoms in total. The summed E-state index contributed by atoms with van der Waals surface area (Å²) >= 11 is 0. The van der Waals surface area contributed by atoms with Crippen LogP contribution in [0.2, 0.25) is 0 Å². The molecule has 1 saturated carbocycles. The van der Waals surface area contributed by atoms with Crippen molar-refractivity contribution in [1.82, 2.24) is 10.3 Å². The van der Waals surface area contributed by atoms with Crippen molar-refractivity contribution in [3.63, 3.8) is 0 Å². The summed E-state index contributed by atoms with van der Waals surface area (Å²) in [5.41, 5.74) is 7.46. The summed E-state index contributed by atoms with van der Waals surface area (Å²) in [6.45, 7) is 5.41. The summed E-state index contributed by atoms with van der Waals surface area (Å²) in [6, 6.07) is 4.40. The van der Waals surface area contributed by atoms with E-state index in [1.807, 2.05) is 6.07 Å². The minimum absolute atomic E-state index is 0.358. The number of nitrogens with zero attached hydrogens (tertiary/aromatic N) is 1. The van der Waals surface area contributed by atoms with Crippen LogP contribution in [0.5, 0.6) is 0 Å². The molecule has 3 heteroatoms. The number of pyridine rings is 1. The Hall–Kier alpha value is -1.09. The fourth-order valence-corrected chi connectivity index (χ4v) is 2.10. The fourth-order valence-electron chi connectivity index (χ4n) is 2.10. The molecule has 0 bridgehead atoms. The van der Waals surface area contributed by atoms with Crippen LogP contribution >= 0.6 is 0 Å². The van der Waals surface area contributed by atoms with Gasteiger partial charge in [0, 0.05) is 17.8 Å². The van der Waals surface area contributed by atoms with Crippen LogP contribution in [0, 0.1) is 5.41 Å². The maximum Gasteiger partial charge on any atom is 0.128 e. The minimum Gasteiger partial charge on any atom is -0.383 e. The van der Waals surface area contributed by atoms with E-state index in [-0.39, 0.29) is 0 Å². The Bertz CT molecular complexity index is 344. The van der Waals surface area contributed by atoms with Crippen molar-refractivity contribution in [3.05, 3.63) is 23.9 Å². The van der Waals surface area contributed by atoms with Gasteiger partial charge in [-0.3, -0.25) is 0 Å². The number of nitrogens with two attached hydrogens (primary N) is 1. The maximum atomic E-state index is 5.93. The van der Waals surface area contributed by atoms with Crippen molar-refractivity contribution in [1.29, 1.82) is 0 Å². The number of nitrogen functional groups attached to an aromatic ring is 1. The molecular formula is C12H19N3. The van der Waals surface area contributed by atoms with Crippen LogP contribution in [0.3, 0.4) is 0 Å². The van der Waals surface area contributed by atoms with E-state index in [1.165, 1.54) is 12.8 Å². The third-order valence-electron chi connectivity index (χ3n) is 3.33. The van der Waals surface area contributed by atoms with Gasteiger partial charge in [-0.2, -0.15) is 0 Å². The largest absolute Gasteiger partial charge is 0.383 e. The second-order valence-electron chi connectivity index (χ2n) is 4.62. The van der Waals surface area contributed by atoms with Gasteiger partial charge in [0.25, 0.3) is 0 Å². The normalized spacial score (nSPS) is 19.9. The van der Waals surface area contributed by atoms with Gasteiger partial charge in [0.05, 0.1) is 0 Å². The van der Waals surface area contributed by atoms with Crippen molar-refractivity contribution in [3.8, 4) is 0 Å². The summed E-state index contributed by atoms with van der Waals surface area (Å²) in [7, 11) is 0. The summed E-state index contributed by atoms with van der Waals surface area (Å²) in [6.07, 6.45) is 4.30. The summed E-state index contributed by atoms with van der Waals surface area (Å²) in [5, 5.41) is 3.52. The van der Waals surface area contributed by atoms with Gasteiger partial charge in [-0.1, -0.05) is 19.9 Å². The van der Waals surface area contributed by atoms with Crippen LogP contribution in [-0.2, 0) is 0 Å². The van der Waals surface area contributed by atoms with E-state index >= 15 is 0 Å². The first kappa shape index (κ1) is 10.4. The molecule has 1 fully saturated rings. The van der Waals surface area contributed by atoms with Gasteiger partial charge in [-0.05, 0) is 30.9 Å². The van der Waals surface area contributed by atoms with E-state index in [0.29, 0.717) is 17.3 Å². The van der Waals surface area contributed by atoms with Crippen LogP contribution in [0.1, 0.15) is 38.3 Å². The first-order valence-electron chi connectivity index (χ1n) is 5.61. The summed E-state index contributed by atoms with van der Waals surface area (Å²) < 4.78 is 0. The van der Waals surface area contributed by atoms with Crippen molar-refractivity contribution < 1.29 is 0 Å². The summed E-state index contributed by atoms with van der Waals surface area (Å²) in [5.74, 6) is 0.663. The Kier molecular flexibility index (Phi) is 2.65. The Labute approximate surface area is 91.1 Å². The number of anilines is 1. The Balaban J connectivity index is 2.28. The molecule has 82 valence electrons. The molecule has 0 aromatic carbocycles. The molecule has 1 atom stereocenters. The molecule has 1 heterocycles. The topological polar surface area (TPSA) is 50.9 Å². The van der Waals surface area contributed by atoms with E-state index in [4.69, 9.17) is 5.73 Å². The predicted molar refractivity (Wildman–Crippen MR) is 62.4 cm³/mol. The number of hydrogen-bond acceptors (Lipinski definition) is 3. The lowest BCUT2D eigenvalue weighted by molar-refractivity contribution is 0.374. The lowest BCUT2D eigenvalue weighted by atomic mass is 9.92. The molecular weight excluding hydrogens is 186 g/mol. The van der Waals surface area contributed by atoms with Gasteiger partial charge in [-0.15, -0.1) is 0 Å². The van der Waals surface area contributed by atoms with E-state index in [9.17, 15) is 0 Å². The molecule has 2 rings (SSSR count).